The van der Waals surface area contributed by atoms with Gasteiger partial charge in [-0.3, -0.25) is 9.59 Å². The number of primary amides is 1. The van der Waals surface area contributed by atoms with Crippen LogP contribution in [0, 0.1) is 5.92 Å². The van der Waals surface area contributed by atoms with Gasteiger partial charge in [0.05, 0.1) is 29.4 Å². The Morgan fingerprint density at radius 3 is 2.40 bits per heavy atom. The van der Waals surface area contributed by atoms with E-state index in [0.29, 0.717) is 60.6 Å². The Hall–Kier alpha value is -3.96. The number of rotatable bonds is 8. The number of aromatic nitrogens is 1. The van der Waals surface area contributed by atoms with Gasteiger partial charge in [-0.1, -0.05) is 18.2 Å². The average molecular weight is 564 g/mol. The van der Waals surface area contributed by atoms with Crippen LogP contribution in [0.25, 0.3) is 0 Å². The molecule has 3 heterocycles. The number of nitrogens with two attached hydrogens (primary N) is 1. The molecule has 210 valence electrons. The van der Waals surface area contributed by atoms with Crippen molar-refractivity contribution in [3.63, 3.8) is 0 Å². The Kier molecular flexibility index (Phi) is 8.32. The first-order valence-corrected chi connectivity index (χ1v) is 15.0. The van der Waals surface area contributed by atoms with Gasteiger partial charge in [-0.25, -0.2) is 13.4 Å². The highest BCUT2D eigenvalue weighted by atomic mass is 32.2. The first-order chi connectivity index (χ1) is 19.3. The van der Waals surface area contributed by atoms with Crippen molar-refractivity contribution in [3.8, 4) is 0 Å². The lowest BCUT2D eigenvalue weighted by atomic mass is 10.00. The fourth-order valence-corrected chi connectivity index (χ4v) is 6.80. The molecule has 2 fully saturated rings. The number of carbonyl (C=O) groups is 2. The molecule has 2 aliphatic rings. The van der Waals surface area contributed by atoms with Gasteiger partial charge in [-0.05, 0) is 67.3 Å². The predicted molar refractivity (Wildman–Crippen MR) is 153 cm³/mol. The predicted octanol–water partition coefficient (Wildman–Crippen LogP) is 3.09. The first kappa shape index (κ1) is 27.6. The number of morpholine rings is 1. The third kappa shape index (κ3) is 6.43. The van der Waals surface area contributed by atoms with Crippen molar-refractivity contribution in [2.24, 2.45) is 11.7 Å². The molecule has 2 saturated heterocycles. The quantitative estimate of drug-likeness (QED) is 0.427. The number of hydrogen-bond donors (Lipinski definition) is 2. The Morgan fingerprint density at radius 1 is 0.975 bits per heavy atom. The van der Waals surface area contributed by atoms with Crippen LogP contribution in [0.5, 0.6) is 0 Å². The second kappa shape index (κ2) is 12.1. The van der Waals surface area contributed by atoms with Gasteiger partial charge in [-0.2, -0.15) is 0 Å². The zero-order chi connectivity index (χ0) is 28.1. The maximum Gasteiger partial charge on any atom is 0.254 e. The fourth-order valence-electron chi connectivity index (χ4n) is 5.14. The van der Waals surface area contributed by atoms with E-state index in [1.807, 2.05) is 0 Å². The monoisotopic (exact) mass is 563 g/mol. The van der Waals surface area contributed by atoms with Crippen molar-refractivity contribution in [1.29, 1.82) is 0 Å². The van der Waals surface area contributed by atoms with E-state index in [1.165, 1.54) is 0 Å². The lowest BCUT2D eigenvalue weighted by molar-refractivity contribution is 0.0303. The minimum absolute atomic E-state index is 0.0514. The van der Waals surface area contributed by atoms with Crippen molar-refractivity contribution < 1.29 is 22.7 Å². The Morgan fingerprint density at radius 2 is 1.70 bits per heavy atom. The number of ether oxygens (including phenoxy) is 1. The van der Waals surface area contributed by atoms with Crippen LogP contribution in [-0.2, 0) is 14.6 Å². The fraction of sp³-hybridized carbons (Fsp3) is 0.345. The summed E-state index contributed by atoms with van der Waals surface area (Å²) in [6.07, 6.45) is 1.64. The molecule has 1 aromatic heterocycles. The van der Waals surface area contributed by atoms with Gasteiger partial charge in [0.1, 0.15) is 11.6 Å². The molecule has 0 saturated carbocycles. The van der Waals surface area contributed by atoms with Crippen LogP contribution >= 0.6 is 0 Å². The topological polar surface area (TPSA) is 135 Å². The molecule has 2 amide bonds. The summed E-state index contributed by atoms with van der Waals surface area (Å²) in [6, 6.07) is 18.9. The summed E-state index contributed by atoms with van der Waals surface area (Å²) < 4.78 is 31.2. The van der Waals surface area contributed by atoms with Crippen LogP contribution in [0.1, 0.15) is 33.6 Å². The molecule has 5 rings (SSSR count). The van der Waals surface area contributed by atoms with E-state index in [2.05, 4.69) is 10.2 Å². The molecule has 40 heavy (non-hydrogen) atoms. The number of hydrogen-bond acceptors (Lipinski definition) is 8. The zero-order valence-corrected chi connectivity index (χ0v) is 23.0. The third-order valence-electron chi connectivity index (χ3n) is 7.24. The minimum Gasteiger partial charge on any atom is -0.378 e. The number of pyridine rings is 1. The molecule has 0 bridgehead atoms. The highest BCUT2D eigenvalue weighted by molar-refractivity contribution is 7.91. The number of amides is 2. The van der Waals surface area contributed by atoms with Crippen molar-refractivity contribution in [3.05, 3.63) is 77.9 Å². The molecule has 0 aliphatic carbocycles. The minimum atomic E-state index is -3.40. The van der Waals surface area contributed by atoms with E-state index in [4.69, 9.17) is 15.5 Å². The first-order valence-electron chi connectivity index (χ1n) is 13.4. The summed E-state index contributed by atoms with van der Waals surface area (Å²) in [5.41, 5.74) is 7.08. The lowest BCUT2D eigenvalue weighted by Gasteiger charge is -2.33. The Balaban J connectivity index is 1.30. The van der Waals surface area contributed by atoms with Crippen LogP contribution in [0.4, 0.5) is 17.3 Å². The Bertz CT molecular complexity index is 1460. The summed E-state index contributed by atoms with van der Waals surface area (Å²) in [4.78, 5) is 33.8. The highest BCUT2D eigenvalue weighted by Crippen LogP contribution is 2.28. The number of anilines is 3. The van der Waals surface area contributed by atoms with Gasteiger partial charge in [-0.15, -0.1) is 0 Å². The summed E-state index contributed by atoms with van der Waals surface area (Å²) in [6.45, 7) is 3.45. The maximum absolute atomic E-state index is 13.0. The van der Waals surface area contributed by atoms with Crippen LogP contribution in [-0.4, -0.2) is 75.3 Å². The summed E-state index contributed by atoms with van der Waals surface area (Å²) >= 11 is 0. The molecule has 0 unspecified atom stereocenters. The molecular weight excluding hydrogens is 530 g/mol. The van der Waals surface area contributed by atoms with Crippen LogP contribution < -0.4 is 16.0 Å². The summed E-state index contributed by atoms with van der Waals surface area (Å²) in [5.74, 6) is 0.273. The second-order valence-electron chi connectivity index (χ2n) is 10.1. The van der Waals surface area contributed by atoms with Gasteiger partial charge in [0.15, 0.2) is 9.84 Å². The number of nitrogens with zero attached hydrogens (tertiary/aromatic N) is 3. The molecule has 0 radical (unpaired) electrons. The maximum atomic E-state index is 13.0. The highest BCUT2D eigenvalue weighted by Gasteiger charge is 2.27. The number of nitrogens with one attached hydrogen (secondary N) is 1. The molecule has 3 N–H and O–H groups in total. The normalized spacial score (nSPS) is 17.9. The zero-order valence-electron chi connectivity index (χ0n) is 22.2. The Labute approximate surface area is 234 Å². The SMILES string of the molecule is NC(=O)c1ccc(N2CCC[C@@H](CS(=O)(=O)c3ccccc3)C2)nc1Nc1ccc(C(=O)N2CCOCC2)cc1. The molecule has 2 aromatic carbocycles. The van der Waals surface area contributed by atoms with Gasteiger partial charge in [0, 0.05) is 37.4 Å². The number of carbonyl (C=O) groups excluding carboxylic acids is 2. The van der Waals surface area contributed by atoms with Crippen molar-refractivity contribution in [2.75, 3.05) is 55.4 Å². The molecule has 11 heteroatoms. The van der Waals surface area contributed by atoms with Crippen LogP contribution in [0.3, 0.4) is 0 Å². The van der Waals surface area contributed by atoms with E-state index < -0.39 is 15.7 Å². The van der Waals surface area contributed by atoms with Gasteiger partial charge in [0.25, 0.3) is 11.8 Å². The van der Waals surface area contributed by atoms with Crippen molar-refractivity contribution >= 4 is 39.0 Å². The lowest BCUT2D eigenvalue weighted by Crippen LogP contribution is -2.40. The van der Waals surface area contributed by atoms with Crippen molar-refractivity contribution in [2.45, 2.75) is 17.7 Å². The third-order valence-corrected chi connectivity index (χ3v) is 9.14. The van der Waals surface area contributed by atoms with Gasteiger partial charge < -0.3 is 25.6 Å². The van der Waals surface area contributed by atoms with E-state index in [0.717, 1.165) is 19.4 Å². The molecular formula is C29H33N5O5S. The molecule has 0 spiro atoms. The molecule has 2 aliphatic heterocycles. The van der Waals surface area contributed by atoms with E-state index >= 15 is 0 Å². The number of piperidine rings is 1. The standard InChI is InChI=1S/C29H33N5O5S/c30-27(35)25-12-13-26(34-14-4-5-21(19-34)20-40(37,38)24-6-2-1-3-7-24)32-28(25)31-23-10-8-22(9-11-23)29(36)33-15-17-39-18-16-33/h1-3,6-13,21H,4-5,14-20H2,(H2,30,35)(H,31,32)/t21-/m1/s1. The van der Waals surface area contributed by atoms with E-state index in [9.17, 15) is 18.0 Å². The second-order valence-corrected chi connectivity index (χ2v) is 12.1. The summed E-state index contributed by atoms with van der Waals surface area (Å²) in [5, 5.41) is 3.17. The van der Waals surface area contributed by atoms with Gasteiger partial charge >= 0.3 is 0 Å². The smallest absolute Gasteiger partial charge is 0.254 e. The molecule has 1 atom stereocenters. The molecule has 10 nitrogen and oxygen atoms in total. The van der Waals surface area contributed by atoms with Crippen LogP contribution in [0.2, 0.25) is 0 Å². The van der Waals surface area contributed by atoms with Gasteiger partial charge in [0.2, 0.25) is 0 Å². The molecule has 3 aromatic rings. The largest absolute Gasteiger partial charge is 0.378 e. The number of sulfone groups is 1. The van der Waals surface area contributed by atoms with E-state index in [1.54, 1.807) is 71.6 Å². The van der Waals surface area contributed by atoms with E-state index in [-0.39, 0.29) is 23.1 Å². The van der Waals surface area contributed by atoms with Crippen molar-refractivity contribution in [1.82, 2.24) is 9.88 Å². The number of benzene rings is 2. The van der Waals surface area contributed by atoms with Crippen LogP contribution in [0.15, 0.2) is 71.6 Å². The summed E-state index contributed by atoms with van der Waals surface area (Å²) in [7, 11) is -3.40. The average Bonchev–Trinajstić information content (AvgIpc) is 2.98.